The number of thiophene rings is 1. The first-order valence-electron chi connectivity index (χ1n) is 8.81. The van der Waals surface area contributed by atoms with E-state index < -0.39 is 0 Å². The van der Waals surface area contributed by atoms with Crippen molar-refractivity contribution in [3.63, 3.8) is 0 Å². The van der Waals surface area contributed by atoms with E-state index in [9.17, 15) is 9.59 Å². The normalized spacial score (nSPS) is 11.3. The molecule has 0 unspecified atom stereocenters. The van der Waals surface area contributed by atoms with Crippen LogP contribution in [0.25, 0.3) is 21.1 Å². The van der Waals surface area contributed by atoms with Gasteiger partial charge >= 0.3 is 0 Å². The number of thioether (sulfide) groups is 1. The molecule has 4 aromatic rings. The summed E-state index contributed by atoms with van der Waals surface area (Å²) in [6, 6.07) is 5.12. The van der Waals surface area contributed by atoms with Crippen LogP contribution in [-0.4, -0.2) is 33.7 Å². The molecule has 0 aliphatic carbocycles. The monoisotopic (exact) mass is 430 g/mol. The second-order valence-corrected chi connectivity index (χ2v) is 7.96. The molecule has 0 spiro atoms. The predicted molar refractivity (Wildman–Crippen MR) is 115 cm³/mol. The van der Waals surface area contributed by atoms with Crippen molar-refractivity contribution in [1.82, 2.24) is 19.5 Å². The molecule has 0 amide bonds. The van der Waals surface area contributed by atoms with Crippen LogP contribution in [0.5, 0.6) is 11.5 Å². The summed E-state index contributed by atoms with van der Waals surface area (Å²) < 4.78 is 12.8. The second-order valence-electron chi connectivity index (χ2n) is 6.10. The minimum absolute atomic E-state index is 0.0493. The summed E-state index contributed by atoms with van der Waals surface area (Å²) in [5.74, 6) is 1.82. The molecule has 4 rings (SSSR count). The Morgan fingerprint density at radius 3 is 2.62 bits per heavy atom. The highest BCUT2D eigenvalue weighted by Gasteiger charge is 2.14. The van der Waals surface area contributed by atoms with Crippen LogP contribution in [-0.2, 0) is 12.3 Å². The molecule has 10 heteroatoms. The lowest BCUT2D eigenvalue weighted by Crippen LogP contribution is -2.21. The number of benzene rings is 1. The first-order valence-corrected chi connectivity index (χ1v) is 10.7. The van der Waals surface area contributed by atoms with Gasteiger partial charge in [0.15, 0.2) is 16.7 Å². The van der Waals surface area contributed by atoms with Gasteiger partial charge in [0.1, 0.15) is 10.5 Å². The summed E-state index contributed by atoms with van der Waals surface area (Å²) in [6.45, 7) is 2.42. The molecule has 3 heterocycles. The maximum atomic E-state index is 12.6. The zero-order chi connectivity index (χ0) is 20.5. The first-order chi connectivity index (χ1) is 14.0. The molecule has 0 atom stereocenters. The summed E-state index contributed by atoms with van der Waals surface area (Å²) in [5.41, 5.74) is 0.882. The molecule has 150 valence electrons. The van der Waals surface area contributed by atoms with Gasteiger partial charge in [-0.2, -0.15) is 0 Å². The Morgan fingerprint density at radius 2 is 1.90 bits per heavy atom. The Kier molecular flexibility index (Phi) is 5.29. The number of nitrogens with zero attached hydrogens (tertiary/aromatic N) is 3. The van der Waals surface area contributed by atoms with Gasteiger partial charge in [-0.25, -0.2) is 9.97 Å². The molecule has 3 aromatic heterocycles. The quantitative estimate of drug-likeness (QED) is 0.371. The van der Waals surface area contributed by atoms with Crippen molar-refractivity contribution < 1.29 is 9.47 Å². The minimum Gasteiger partial charge on any atom is -0.493 e. The highest BCUT2D eigenvalue weighted by molar-refractivity contribution is 7.98. The fraction of sp³-hybridized carbons (Fsp3) is 0.263. The lowest BCUT2D eigenvalue weighted by atomic mass is 10.2. The number of H-pyrrole nitrogens is 1. The third-order valence-corrected chi connectivity index (χ3v) is 6.32. The Morgan fingerprint density at radius 1 is 1.14 bits per heavy atom. The third kappa shape index (κ3) is 3.49. The molecule has 0 aliphatic heterocycles. The van der Waals surface area contributed by atoms with Crippen LogP contribution in [0.2, 0.25) is 0 Å². The van der Waals surface area contributed by atoms with Gasteiger partial charge in [0.25, 0.3) is 11.1 Å². The van der Waals surface area contributed by atoms with Crippen molar-refractivity contribution in [3.8, 4) is 11.5 Å². The molecule has 1 aromatic carbocycles. The van der Waals surface area contributed by atoms with Crippen molar-refractivity contribution in [2.45, 2.75) is 24.4 Å². The SMILES string of the molecule is CCn1c(SCc2nc3cc(OC)c(OC)cc3c(=O)[nH]2)nc2ccsc2c1=O. The highest BCUT2D eigenvalue weighted by Crippen LogP contribution is 2.30. The molecule has 0 saturated heterocycles. The van der Waals surface area contributed by atoms with Gasteiger partial charge in [-0.3, -0.25) is 14.2 Å². The molecule has 0 aliphatic rings. The zero-order valence-electron chi connectivity index (χ0n) is 16.0. The van der Waals surface area contributed by atoms with E-state index in [1.165, 1.54) is 37.3 Å². The van der Waals surface area contributed by atoms with Gasteiger partial charge in [-0.15, -0.1) is 11.3 Å². The van der Waals surface area contributed by atoms with Gasteiger partial charge in [-0.1, -0.05) is 11.8 Å². The number of fused-ring (bicyclic) bond motifs is 2. The predicted octanol–water partition coefficient (Wildman–Crippen LogP) is 3.02. The summed E-state index contributed by atoms with van der Waals surface area (Å²) >= 11 is 2.75. The van der Waals surface area contributed by atoms with Gasteiger partial charge in [0.05, 0.1) is 36.4 Å². The molecule has 29 heavy (non-hydrogen) atoms. The van der Waals surface area contributed by atoms with Gasteiger partial charge in [0, 0.05) is 12.6 Å². The Balaban J connectivity index is 1.71. The minimum atomic E-state index is -0.263. The fourth-order valence-electron chi connectivity index (χ4n) is 3.03. The molecular weight excluding hydrogens is 412 g/mol. The van der Waals surface area contributed by atoms with Crippen LogP contribution in [0, 0.1) is 0 Å². The van der Waals surface area contributed by atoms with Gasteiger partial charge < -0.3 is 14.5 Å². The molecule has 0 saturated carbocycles. The van der Waals surface area contributed by atoms with Crippen LogP contribution in [0.15, 0.2) is 38.3 Å². The molecule has 0 fully saturated rings. The molecule has 8 nitrogen and oxygen atoms in total. The van der Waals surface area contributed by atoms with E-state index in [1.54, 1.807) is 16.7 Å². The largest absolute Gasteiger partial charge is 0.493 e. The fourth-order valence-corrected chi connectivity index (χ4v) is 4.74. The average Bonchev–Trinajstić information content (AvgIpc) is 3.20. The van der Waals surface area contributed by atoms with E-state index >= 15 is 0 Å². The standard InChI is InChI=1S/C19H18N4O4S2/c1-4-23-18(25)16-11(5-6-28-16)21-19(23)29-9-15-20-12-8-14(27-3)13(26-2)7-10(12)17(24)22-15/h5-8H,4,9H2,1-3H3,(H,20,22,24). The van der Waals surface area contributed by atoms with Crippen molar-refractivity contribution in [3.05, 3.63) is 50.1 Å². The van der Waals surface area contributed by atoms with Crippen molar-refractivity contribution in [2.24, 2.45) is 0 Å². The van der Waals surface area contributed by atoms with Crippen molar-refractivity contribution in [1.29, 1.82) is 0 Å². The second kappa shape index (κ2) is 7.88. The Hall–Kier alpha value is -2.85. The average molecular weight is 431 g/mol. The van der Waals surface area contributed by atoms with Gasteiger partial charge in [-0.05, 0) is 24.4 Å². The number of aromatic amines is 1. The number of methoxy groups -OCH3 is 2. The zero-order valence-corrected chi connectivity index (χ0v) is 17.6. The van der Waals surface area contributed by atoms with Crippen LogP contribution in [0.1, 0.15) is 12.7 Å². The van der Waals surface area contributed by atoms with E-state index in [1.807, 2.05) is 18.4 Å². The molecule has 0 radical (unpaired) electrons. The summed E-state index contributed by atoms with van der Waals surface area (Å²) in [6.07, 6.45) is 0. The Bertz CT molecular complexity index is 1330. The van der Waals surface area contributed by atoms with E-state index in [0.717, 1.165) is 0 Å². The molecule has 1 N–H and O–H groups in total. The lowest BCUT2D eigenvalue weighted by Gasteiger charge is -2.11. The first kappa shape index (κ1) is 19.5. The van der Waals surface area contributed by atoms with E-state index in [0.29, 0.717) is 55.9 Å². The van der Waals surface area contributed by atoms with E-state index in [4.69, 9.17) is 9.47 Å². The van der Waals surface area contributed by atoms with Crippen LogP contribution in [0.3, 0.4) is 0 Å². The number of nitrogens with one attached hydrogen (secondary N) is 1. The van der Waals surface area contributed by atoms with E-state index in [-0.39, 0.29) is 11.1 Å². The van der Waals surface area contributed by atoms with Crippen LogP contribution in [0.4, 0.5) is 0 Å². The van der Waals surface area contributed by atoms with E-state index in [2.05, 4.69) is 15.0 Å². The molecular formula is C19H18N4O4S2. The molecule has 0 bridgehead atoms. The smallest absolute Gasteiger partial charge is 0.272 e. The van der Waals surface area contributed by atoms with Crippen molar-refractivity contribution >= 4 is 44.2 Å². The number of ether oxygens (including phenoxy) is 2. The summed E-state index contributed by atoms with van der Waals surface area (Å²) in [4.78, 5) is 37.1. The Labute approximate surface area is 173 Å². The van der Waals surface area contributed by atoms with Crippen LogP contribution < -0.4 is 20.6 Å². The third-order valence-electron chi connectivity index (χ3n) is 4.44. The maximum Gasteiger partial charge on any atom is 0.272 e. The number of aromatic nitrogens is 4. The number of rotatable bonds is 6. The van der Waals surface area contributed by atoms with Crippen molar-refractivity contribution in [2.75, 3.05) is 14.2 Å². The topological polar surface area (TPSA) is 99.1 Å². The maximum absolute atomic E-state index is 12.6. The number of hydrogen-bond donors (Lipinski definition) is 1. The number of hydrogen-bond acceptors (Lipinski definition) is 8. The van der Waals surface area contributed by atoms with Gasteiger partial charge in [0.2, 0.25) is 0 Å². The summed E-state index contributed by atoms with van der Waals surface area (Å²) in [5, 5.41) is 2.87. The van der Waals surface area contributed by atoms with Crippen LogP contribution >= 0.6 is 23.1 Å². The summed E-state index contributed by atoms with van der Waals surface area (Å²) in [7, 11) is 3.05. The highest BCUT2D eigenvalue weighted by atomic mass is 32.2. The lowest BCUT2D eigenvalue weighted by molar-refractivity contribution is 0.355.